The monoisotopic (exact) mass is 509 g/mol. The van der Waals surface area contributed by atoms with E-state index < -0.39 is 31.1 Å². The second kappa shape index (κ2) is 11.2. The maximum atomic E-state index is 14.0. The molecule has 0 aliphatic heterocycles. The predicted molar refractivity (Wildman–Crippen MR) is 139 cm³/mol. The van der Waals surface area contributed by atoms with E-state index in [0.29, 0.717) is 28.1 Å². The highest BCUT2D eigenvalue weighted by Gasteiger charge is 2.50. The van der Waals surface area contributed by atoms with Crippen molar-refractivity contribution >= 4 is 14.0 Å². The van der Waals surface area contributed by atoms with Crippen LogP contribution in [0.25, 0.3) is 22.4 Å². The molecule has 0 spiro atoms. The molecule has 0 fully saturated rings. The fourth-order valence-corrected chi connectivity index (χ4v) is 4.93. The molecule has 6 nitrogen and oxygen atoms in total. The van der Waals surface area contributed by atoms with Gasteiger partial charge in [-0.15, -0.1) is 6.42 Å². The number of nitrogens with zero attached hydrogens (tertiary/aromatic N) is 1. The second-order valence-corrected chi connectivity index (χ2v) is 10.5. The van der Waals surface area contributed by atoms with Gasteiger partial charge in [0, 0.05) is 18.2 Å². The Hall–Kier alpha value is -3.30. The van der Waals surface area contributed by atoms with Gasteiger partial charge in [-0.05, 0) is 49.1 Å². The molecule has 188 valence electrons. The van der Waals surface area contributed by atoms with Crippen molar-refractivity contribution in [3.63, 3.8) is 0 Å². The average molecular weight is 510 g/mol. The van der Waals surface area contributed by atoms with Crippen molar-refractivity contribution in [2.45, 2.75) is 44.9 Å². The molecular weight excluding hydrogens is 480 g/mol. The fraction of sp³-hybridized carbons (Fsp3) is 0.286. The first-order valence-electron chi connectivity index (χ1n) is 11.4. The molecule has 1 N–H and O–H groups in total. The molecule has 1 aromatic heterocycles. The molecule has 3 atom stereocenters. The highest BCUT2D eigenvalue weighted by atomic mass is 31.1. The van der Waals surface area contributed by atoms with Crippen LogP contribution in [0.4, 0.5) is 4.39 Å². The number of carbonyl (C=O) groups excluding carboxylic acids is 1. The van der Waals surface area contributed by atoms with Crippen LogP contribution in [0.2, 0.25) is 0 Å². The first kappa shape index (κ1) is 27.3. The maximum absolute atomic E-state index is 14.0. The van der Waals surface area contributed by atoms with Crippen molar-refractivity contribution in [1.29, 1.82) is 0 Å². The number of ether oxygens (including phenoxy) is 1. The maximum Gasteiger partial charge on any atom is 0.342 e. The van der Waals surface area contributed by atoms with Gasteiger partial charge in [0.05, 0.1) is 17.5 Å². The Morgan fingerprint density at radius 1 is 1.14 bits per heavy atom. The summed E-state index contributed by atoms with van der Waals surface area (Å²) in [6, 6.07) is 15.5. The van der Waals surface area contributed by atoms with E-state index >= 15 is 0 Å². The van der Waals surface area contributed by atoms with Crippen LogP contribution in [0.15, 0.2) is 54.6 Å². The van der Waals surface area contributed by atoms with Gasteiger partial charge in [-0.25, -0.2) is 14.2 Å². The Morgan fingerprint density at radius 2 is 1.81 bits per heavy atom. The number of rotatable bonds is 8. The quantitative estimate of drug-likeness (QED) is 0.236. The van der Waals surface area contributed by atoms with Gasteiger partial charge >= 0.3 is 5.97 Å². The van der Waals surface area contributed by atoms with Crippen LogP contribution in [0, 0.1) is 25.1 Å². The van der Waals surface area contributed by atoms with Gasteiger partial charge in [0.15, 0.2) is 5.75 Å². The number of aromatic nitrogens is 1. The predicted octanol–water partition coefficient (Wildman–Crippen LogP) is 5.77. The van der Waals surface area contributed by atoms with E-state index in [1.807, 2.05) is 44.2 Å². The van der Waals surface area contributed by atoms with Gasteiger partial charge in [0.1, 0.15) is 5.82 Å². The Bertz CT molecular complexity index is 1330. The minimum atomic E-state index is -3.25. The van der Waals surface area contributed by atoms with Gasteiger partial charge in [-0.3, -0.25) is 4.57 Å². The number of aliphatic hydroxyl groups excluding tert-OH is 1. The number of benzene rings is 2. The molecule has 0 aliphatic rings. The number of aliphatic hydroxyl groups is 1. The van der Waals surface area contributed by atoms with Crippen LogP contribution < -0.4 is 4.74 Å². The molecule has 36 heavy (non-hydrogen) atoms. The zero-order valence-corrected chi connectivity index (χ0v) is 21.8. The summed E-state index contributed by atoms with van der Waals surface area (Å²) in [5, 5.41) is 8.18. The molecule has 0 bridgehead atoms. The molecule has 0 saturated carbocycles. The number of hydrogen-bond acceptors (Lipinski definition) is 6. The Kier molecular flexibility index (Phi) is 8.47. The Balaban J connectivity index is 2.33. The number of carbonyl (C=O) groups is 1. The number of terminal acetylenes is 1. The fourth-order valence-electron chi connectivity index (χ4n) is 3.93. The third kappa shape index (κ3) is 5.12. The summed E-state index contributed by atoms with van der Waals surface area (Å²) in [4.78, 5) is 18.3. The van der Waals surface area contributed by atoms with E-state index in [1.165, 1.54) is 19.1 Å². The topological polar surface area (TPSA) is 85.7 Å². The summed E-state index contributed by atoms with van der Waals surface area (Å²) in [6.07, 6.45) is 4.09. The largest absolute Gasteiger partial charge is 0.422 e. The van der Waals surface area contributed by atoms with E-state index in [2.05, 4.69) is 5.92 Å². The highest BCUT2D eigenvalue weighted by molar-refractivity contribution is 7.43. The van der Waals surface area contributed by atoms with Crippen molar-refractivity contribution < 1.29 is 28.1 Å². The minimum Gasteiger partial charge on any atom is -0.422 e. The van der Waals surface area contributed by atoms with Gasteiger partial charge in [0.2, 0.25) is 13.2 Å². The van der Waals surface area contributed by atoms with E-state index in [-0.39, 0.29) is 11.7 Å². The normalized spacial score (nSPS) is 14.5. The SMILES string of the molecule is C#CC(C(=O)Oc1c(-c2ccc(F)cc2C)cc(-c2ccccc2)nc1C(C)C)(C(C)O)[PH](=O)OC. The van der Waals surface area contributed by atoms with E-state index in [4.69, 9.17) is 20.7 Å². The number of hydrogen-bond donors (Lipinski definition) is 1. The standard InChI is InChI=1S/C28H29FNO5P/c1-7-28(19(5)31,36(33)34-6)27(32)35-26-23(22-14-13-21(29)15-18(22)4)16-24(30-25(26)17(2)3)20-11-9-8-10-12-20/h1,8-17,19,31,36H,2-6H3. The third-order valence-electron chi connectivity index (χ3n) is 5.97. The zero-order chi connectivity index (χ0) is 26.6. The van der Waals surface area contributed by atoms with Crippen molar-refractivity contribution in [3.05, 3.63) is 71.7 Å². The lowest BCUT2D eigenvalue weighted by Gasteiger charge is -2.28. The smallest absolute Gasteiger partial charge is 0.342 e. The number of esters is 1. The summed E-state index contributed by atoms with van der Waals surface area (Å²) in [5.74, 6) is 0.548. The van der Waals surface area contributed by atoms with Crippen LogP contribution >= 0.6 is 8.03 Å². The van der Waals surface area contributed by atoms with Crippen molar-refractivity contribution in [2.24, 2.45) is 0 Å². The first-order valence-corrected chi connectivity index (χ1v) is 12.7. The summed E-state index contributed by atoms with van der Waals surface area (Å²) >= 11 is 0. The molecule has 3 rings (SSSR count). The zero-order valence-electron chi connectivity index (χ0n) is 20.8. The van der Waals surface area contributed by atoms with Crippen LogP contribution in [-0.2, 0) is 13.9 Å². The van der Waals surface area contributed by atoms with Crippen molar-refractivity contribution in [1.82, 2.24) is 4.98 Å². The molecule has 0 amide bonds. The molecule has 3 unspecified atom stereocenters. The third-order valence-corrected chi connectivity index (χ3v) is 7.75. The Morgan fingerprint density at radius 3 is 2.33 bits per heavy atom. The second-order valence-electron chi connectivity index (χ2n) is 8.76. The molecule has 0 aliphatic carbocycles. The molecule has 0 radical (unpaired) electrons. The molecule has 1 heterocycles. The van der Waals surface area contributed by atoms with Gasteiger partial charge in [0.25, 0.3) is 0 Å². The molecular formula is C28H29FNO5P. The lowest BCUT2D eigenvalue weighted by atomic mass is 9.94. The summed E-state index contributed by atoms with van der Waals surface area (Å²) < 4.78 is 37.5. The highest BCUT2D eigenvalue weighted by Crippen LogP contribution is 2.45. The van der Waals surface area contributed by atoms with Crippen molar-refractivity contribution in [3.8, 4) is 40.5 Å². The minimum absolute atomic E-state index is 0.0931. The summed E-state index contributed by atoms with van der Waals surface area (Å²) in [5.41, 5.74) is 3.61. The molecule has 0 saturated heterocycles. The van der Waals surface area contributed by atoms with Crippen LogP contribution in [0.5, 0.6) is 5.75 Å². The van der Waals surface area contributed by atoms with Gasteiger partial charge in [-0.2, -0.15) is 0 Å². The first-order chi connectivity index (χ1) is 17.1. The van der Waals surface area contributed by atoms with E-state index in [1.54, 1.807) is 19.1 Å². The molecule has 3 aromatic rings. The van der Waals surface area contributed by atoms with Crippen LogP contribution in [-0.4, -0.2) is 34.4 Å². The summed E-state index contributed by atoms with van der Waals surface area (Å²) in [6.45, 7) is 6.77. The van der Waals surface area contributed by atoms with E-state index in [0.717, 1.165) is 12.7 Å². The molecule has 2 aromatic carbocycles. The van der Waals surface area contributed by atoms with Gasteiger partial charge in [-0.1, -0.05) is 56.2 Å². The van der Waals surface area contributed by atoms with Crippen LogP contribution in [0.1, 0.15) is 37.9 Å². The lowest BCUT2D eigenvalue weighted by Crippen LogP contribution is -2.46. The number of halogens is 1. The Labute approximate surface area is 211 Å². The van der Waals surface area contributed by atoms with Crippen molar-refractivity contribution in [2.75, 3.05) is 7.11 Å². The van der Waals surface area contributed by atoms with E-state index in [9.17, 15) is 18.9 Å². The average Bonchev–Trinajstić information content (AvgIpc) is 2.85. The summed E-state index contributed by atoms with van der Waals surface area (Å²) in [7, 11) is -2.10. The number of pyridine rings is 1. The van der Waals surface area contributed by atoms with Gasteiger partial charge < -0.3 is 14.4 Å². The number of aryl methyl sites for hydroxylation is 1. The lowest BCUT2D eigenvalue weighted by molar-refractivity contribution is -0.138. The van der Waals surface area contributed by atoms with Crippen LogP contribution in [0.3, 0.4) is 0 Å². The molecule has 8 heteroatoms.